The predicted octanol–water partition coefficient (Wildman–Crippen LogP) is 1.65. The third-order valence-electron chi connectivity index (χ3n) is 2.70. The maximum atomic E-state index is 5.40. The summed E-state index contributed by atoms with van der Waals surface area (Å²) >= 11 is 0. The molecule has 1 aromatic rings. The third-order valence-corrected chi connectivity index (χ3v) is 2.70. The van der Waals surface area contributed by atoms with Gasteiger partial charge in [0.25, 0.3) is 0 Å². The van der Waals surface area contributed by atoms with Crippen molar-refractivity contribution in [3.05, 3.63) is 23.8 Å². The molecule has 1 aromatic carbocycles. The van der Waals surface area contributed by atoms with Gasteiger partial charge in [0, 0.05) is 31.2 Å². The fraction of sp³-hybridized carbons (Fsp3) is 0.538. The number of likely N-dealkylation sites (N-methyl/N-ethyl adjacent to an activating group) is 1. The number of hydrogen-bond donors (Lipinski definition) is 1. The van der Waals surface area contributed by atoms with Crippen molar-refractivity contribution in [2.24, 2.45) is 0 Å². The standard InChI is InChI=1S/C13H21NO3/c1-14-8-10(9-15-2)12-6-5-11(16-3)7-13(12)17-4/h5-7,10,14H,8-9H2,1-4H3. The first kappa shape index (κ1) is 13.8. The highest BCUT2D eigenvalue weighted by Gasteiger charge is 2.16. The molecule has 0 heterocycles. The maximum Gasteiger partial charge on any atom is 0.126 e. The van der Waals surface area contributed by atoms with E-state index in [9.17, 15) is 0 Å². The highest BCUT2D eigenvalue weighted by atomic mass is 16.5. The quantitative estimate of drug-likeness (QED) is 0.785. The van der Waals surface area contributed by atoms with Gasteiger partial charge < -0.3 is 19.5 Å². The van der Waals surface area contributed by atoms with Crippen LogP contribution in [0.5, 0.6) is 11.5 Å². The monoisotopic (exact) mass is 239 g/mol. The Kier molecular flexibility index (Phi) is 5.80. The molecular formula is C13H21NO3. The molecule has 0 bridgehead atoms. The molecule has 0 radical (unpaired) electrons. The smallest absolute Gasteiger partial charge is 0.126 e. The first-order chi connectivity index (χ1) is 8.26. The summed E-state index contributed by atoms with van der Waals surface area (Å²) in [6.45, 7) is 1.50. The Bertz CT molecular complexity index is 335. The Labute approximate surface area is 103 Å². The summed E-state index contributed by atoms with van der Waals surface area (Å²) in [5.41, 5.74) is 1.13. The van der Waals surface area contributed by atoms with Crippen LogP contribution in [0.2, 0.25) is 0 Å². The van der Waals surface area contributed by atoms with Gasteiger partial charge in [-0.05, 0) is 13.1 Å². The Morgan fingerprint density at radius 1 is 1.18 bits per heavy atom. The molecule has 0 aliphatic heterocycles. The number of ether oxygens (including phenoxy) is 3. The summed E-state index contributed by atoms with van der Waals surface area (Å²) in [6, 6.07) is 5.86. The van der Waals surface area contributed by atoms with Gasteiger partial charge in [-0.25, -0.2) is 0 Å². The van der Waals surface area contributed by atoms with Crippen molar-refractivity contribution < 1.29 is 14.2 Å². The molecule has 0 aliphatic carbocycles. The SMILES string of the molecule is CNCC(COC)c1ccc(OC)cc1OC. The molecule has 0 spiro atoms. The van der Waals surface area contributed by atoms with Gasteiger partial charge >= 0.3 is 0 Å². The molecule has 96 valence electrons. The van der Waals surface area contributed by atoms with Crippen LogP contribution in [0.4, 0.5) is 0 Å². The van der Waals surface area contributed by atoms with Crippen LogP contribution in [0, 0.1) is 0 Å². The Morgan fingerprint density at radius 3 is 2.47 bits per heavy atom. The second-order valence-corrected chi connectivity index (χ2v) is 3.82. The minimum Gasteiger partial charge on any atom is -0.497 e. The highest BCUT2D eigenvalue weighted by Crippen LogP contribution is 2.30. The van der Waals surface area contributed by atoms with Crippen LogP contribution < -0.4 is 14.8 Å². The van der Waals surface area contributed by atoms with Crippen molar-refractivity contribution in [3.63, 3.8) is 0 Å². The molecule has 17 heavy (non-hydrogen) atoms. The lowest BCUT2D eigenvalue weighted by Crippen LogP contribution is -2.21. The second kappa shape index (κ2) is 7.14. The van der Waals surface area contributed by atoms with E-state index in [0.29, 0.717) is 6.61 Å². The summed E-state index contributed by atoms with van der Waals surface area (Å²) in [4.78, 5) is 0. The lowest BCUT2D eigenvalue weighted by atomic mass is 9.98. The molecule has 1 atom stereocenters. The van der Waals surface area contributed by atoms with E-state index in [1.165, 1.54) is 0 Å². The van der Waals surface area contributed by atoms with Crippen molar-refractivity contribution >= 4 is 0 Å². The molecule has 0 amide bonds. The van der Waals surface area contributed by atoms with Gasteiger partial charge in [0.05, 0.1) is 20.8 Å². The van der Waals surface area contributed by atoms with Crippen molar-refractivity contribution in [2.75, 3.05) is 41.5 Å². The minimum atomic E-state index is 0.269. The molecule has 1 N–H and O–H groups in total. The second-order valence-electron chi connectivity index (χ2n) is 3.82. The molecule has 0 fully saturated rings. The molecule has 1 rings (SSSR count). The van der Waals surface area contributed by atoms with E-state index < -0.39 is 0 Å². The van der Waals surface area contributed by atoms with Gasteiger partial charge in [-0.3, -0.25) is 0 Å². The van der Waals surface area contributed by atoms with Crippen molar-refractivity contribution in [3.8, 4) is 11.5 Å². The van der Waals surface area contributed by atoms with E-state index in [1.807, 2.05) is 25.2 Å². The van der Waals surface area contributed by atoms with Crippen LogP contribution in [-0.2, 0) is 4.74 Å². The largest absolute Gasteiger partial charge is 0.497 e. The maximum absolute atomic E-state index is 5.40. The summed E-state index contributed by atoms with van der Waals surface area (Å²) < 4.78 is 15.8. The number of rotatable bonds is 7. The zero-order chi connectivity index (χ0) is 12.7. The summed E-state index contributed by atoms with van der Waals surface area (Å²) in [6.07, 6.45) is 0. The van der Waals surface area contributed by atoms with Crippen LogP contribution in [0.15, 0.2) is 18.2 Å². The highest BCUT2D eigenvalue weighted by molar-refractivity contribution is 5.43. The Hall–Kier alpha value is -1.26. The zero-order valence-electron chi connectivity index (χ0n) is 10.9. The van der Waals surface area contributed by atoms with Crippen LogP contribution >= 0.6 is 0 Å². The molecule has 1 unspecified atom stereocenters. The average molecular weight is 239 g/mol. The van der Waals surface area contributed by atoms with Gasteiger partial charge in [-0.15, -0.1) is 0 Å². The molecule has 0 saturated heterocycles. The van der Waals surface area contributed by atoms with Crippen LogP contribution in [0.3, 0.4) is 0 Å². The number of nitrogens with one attached hydrogen (secondary N) is 1. The van der Waals surface area contributed by atoms with Gasteiger partial charge in [-0.2, -0.15) is 0 Å². The van der Waals surface area contributed by atoms with E-state index in [1.54, 1.807) is 21.3 Å². The summed E-state index contributed by atoms with van der Waals surface area (Å²) in [5.74, 6) is 1.90. The number of methoxy groups -OCH3 is 3. The third kappa shape index (κ3) is 3.61. The Balaban J connectivity index is 2.99. The summed E-state index contributed by atoms with van der Waals surface area (Å²) in [7, 11) is 6.95. The van der Waals surface area contributed by atoms with E-state index >= 15 is 0 Å². The number of benzene rings is 1. The van der Waals surface area contributed by atoms with Crippen LogP contribution in [0.1, 0.15) is 11.5 Å². The van der Waals surface area contributed by atoms with E-state index in [2.05, 4.69) is 5.32 Å². The first-order valence-electron chi connectivity index (χ1n) is 5.62. The van der Waals surface area contributed by atoms with Gasteiger partial charge in [0.15, 0.2) is 0 Å². The van der Waals surface area contributed by atoms with Crippen LogP contribution in [-0.4, -0.2) is 41.5 Å². The van der Waals surface area contributed by atoms with Crippen molar-refractivity contribution in [1.82, 2.24) is 5.32 Å². The van der Waals surface area contributed by atoms with Crippen molar-refractivity contribution in [1.29, 1.82) is 0 Å². The minimum absolute atomic E-state index is 0.269. The fourth-order valence-corrected chi connectivity index (χ4v) is 1.86. The van der Waals surface area contributed by atoms with Gasteiger partial charge in [0.2, 0.25) is 0 Å². The zero-order valence-corrected chi connectivity index (χ0v) is 10.9. The van der Waals surface area contributed by atoms with Gasteiger partial charge in [0.1, 0.15) is 11.5 Å². The molecule has 0 saturated carbocycles. The first-order valence-corrected chi connectivity index (χ1v) is 5.62. The number of hydrogen-bond acceptors (Lipinski definition) is 4. The fourth-order valence-electron chi connectivity index (χ4n) is 1.86. The topological polar surface area (TPSA) is 39.7 Å². The Morgan fingerprint density at radius 2 is 1.94 bits per heavy atom. The molecular weight excluding hydrogens is 218 g/mol. The molecule has 0 aliphatic rings. The molecule has 4 nitrogen and oxygen atoms in total. The molecule has 4 heteroatoms. The molecule has 0 aromatic heterocycles. The van der Waals surface area contributed by atoms with E-state index in [-0.39, 0.29) is 5.92 Å². The summed E-state index contributed by atoms with van der Waals surface area (Å²) in [5, 5.41) is 3.16. The van der Waals surface area contributed by atoms with Crippen molar-refractivity contribution in [2.45, 2.75) is 5.92 Å². The van der Waals surface area contributed by atoms with E-state index in [4.69, 9.17) is 14.2 Å². The lowest BCUT2D eigenvalue weighted by molar-refractivity contribution is 0.177. The van der Waals surface area contributed by atoms with Crippen LogP contribution in [0.25, 0.3) is 0 Å². The average Bonchev–Trinajstić information content (AvgIpc) is 2.37. The normalized spacial score (nSPS) is 12.2. The lowest BCUT2D eigenvalue weighted by Gasteiger charge is -2.19. The predicted molar refractivity (Wildman–Crippen MR) is 68.1 cm³/mol. The van der Waals surface area contributed by atoms with E-state index in [0.717, 1.165) is 23.6 Å². The van der Waals surface area contributed by atoms with Gasteiger partial charge in [-0.1, -0.05) is 6.07 Å².